The van der Waals surface area contributed by atoms with Crippen LogP contribution in [0.4, 0.5) is 0 Å². The number of sulfonamides is 1. The number of nitrogens with one attached hydrogen (secondary N) is 2. The van der Waals surface area contributed by atoms with E-state index in [4.69, 9.17) is 0 Å². The molecule has 25 heavy (non-hydrogen) atoms. The molecule has 0 bridgehead atoms. The van der Waals surface area contributed by atoms with E-state index in [1.165, 1.54) is 0 Å². The Kier molecular flexibility index (Phi) is 6.85. The molecule has 1 amide bonds. The molecule has 2 aliphatic heterocycles. The lowest BCUT2D eigenvalue weighted by molar-refractivity contribution is -0.128. The average Bonchev–Trinajstić information content (AvgIpc) is 2.97. The molecule has 1 unspecified atom stereocenters. The van der Waals surface area contributed by atoms with Crippen molar-refractivity contribution in [1.29, 1.82) is 0 Å². The van der Waals surface area contributed by atoms with Crippen molar-refractivity contribution in [2.24, 2.45) is 5.92 Å². The fraction of sp³-hybridized carbons (Fsp3) is 0.588. The minimum atomic E-state index is -3.48. The fourth-order valence-corrected chi connectivity index (χ4v) is 4.55. The van der Waals surface area contributed by atoms with Crippen LogP contribution in [-0.2, 0) is 27.7 Å². The van der Waals surface area contributed by atoms with E-state index in [9.17, 15) is 13.2 Å². The molecule has 0 saturated carbocycles. The van der Waals surface area contributed by atoms with Crippen LogP contribution in [0, 0.1) is 5.92 Å². The Labute approximate surface area is 155 Å². The molecule has 140 valence electrons. The van der Waals surface area contributed by atoms with Crippen LogP contribution in [0.5, 0.6) is 0 Å². The standard InChI is InChI=1S/C17H25N3O3S.ClH/c1-13(21)20-8-5-15-2-3-17(10-16(15)6-9-20)24(22,23)19-12-14-4-7-18-11-14;/h2-3,10,14,18-19H,4-9,11-12H2,1H3;1H. The maximum atomic E-state index is 12.5. The van der Waals surface area contributed by atoms with Crippen LogP contribution in [0.3, 0.4) is 0 Å². The second-order valence-electron chi connectivity index (χ2n) is 6.65. The molecule has 1 aromatic carbocycles. The van der Waals surface area contributed by atoms with Gasteiger partial charge in [-0.3, -0.25) is 4.79 Å². The van der Waals surface area contributed by atoms with Crippen molar-refractivity contribution >= 4 is 28.3 Å². The summed E-state index contributed by atoms with van der Waals surface area (Å²) in [6.45, 7) is 5.22. The van der Waals surface area contributed by atoms with Gasteiger partial charge in [0.15, 0.2) is 0 Å². The van der Waals surface area contributed by atoms with Gasteiger partial charge in [-0.15, -0.1) is 12.4 Å². The van der Waals surface area contributed by atoms with Gasteiger partial charge >= 0.3 is 0 Å². The van der Waals surface area contributed by atoms with Crippen LogP contribution in [0.2, 0.25) is 0 Å². The highest BCUT2D eigenvalue weighted by Gasteiger charge is 2.22. The molecule has 3 rings (SSSR count). The van der Waals surface area contributed by atoms with Gasteiger partial charge in [-0.05, 0) is 61.5 Å². The summed E-state index contributed by atoms with van der Waals surface area (Å²) in [7, 11) is -3.48. The average molecular weight is 388 g/mol. The van der Waals surface area contributed by atoms with Gasteiger partial charge in [0.2, 0.25) is 15.9 Å². The van der Waals surface area contributed by atoms with Gasteiger partial charge in [-0.1, -0.05) is 6.07 Å². The predicted molar refractivity (Wildman–Crippen MR) is 99.5 cm³/mol. The molecule has 6 nitrogen and oxygen atoms in total. The van der Waals surface area contributed by atoms with Gasteiger partial charge < -0.3 is 10.2 Å². The SMILES string of the molecule is CC(=O)N1CCc2ccc(S(=O)(=O)NCC3CCNC3)cc2CC1.Cl. The number of carbonyl (C=O) groups is 1. The molecule has 2 aliphatic rings. The minimum Gasteiger partial charge on any atom is -0.342 e. The van der Waals surface area contributed by atoms with Crippen molar-refractivity contribution in [3.05, 3.63) is 29.3 Å². The number of carbonyl (C=O) groups excluding carboxylic acids is 1. The normalized spacial score (nSPS) is 20.5. The van der Waals surface area contributed by atoms with Crippen molar-refractivity contribution in [1.82, 2.24) is 14.9 Å². The van der Waals surface area contributed by atoms with Crippen molar-refractivity contribution in [2.75, 3.05) is 32.7 Å². The Bertz CT molecular complexity index is 718. The molecule has 1 atom stereocenters. The highest BCUT2D eigenvalue weighted by molar-refractivity contribution is 7.89. The first-order valence-electron chi connectivity index (χ1n) is 8.53. The summed E-state index contributed by atoms with van der Waals surface area (Å²) in [6, 6.07) is 5.34. The molecule has 0 aromatic heterocycles. The lowest BCUT2D eigenvalue weighted by Gasteiger charge is -2.17. The highest BCUT2D eigenvalue weighted by Crippen LogP contribution is 2.21. The lowest BCUT2D eigenvalue weighted by atomic mass is 10.0. The number of nitrogens with zero attached hydrogens (tertiary/aromatic N) is 1. The maximum Gasteiger partial charge on any atom is 0.240 e. The van der Waals surface area contributed by atoms with Gasteiger partial charge in [-0.25, -0.2) is 13.1 Å². The van der Waals surface area contributed by atoms with E-state index in [2.05, 4.69) is 10.0 Å². The molecular formula is C17H26ClN3O3S. The molecule has 0 spiro atoms. The zero-order valence-electron chi connectivity index (χ0n) is 14.5. The fourth-order valence-electron chi connectivity index (χ4n) is 3.38. The number of fused-ring (bicyclic) bond motifs is 1. The van der Waals surface area contributed by atoms with E-state index in [1.807, 2.05) is 11.0 Å². The Morgan fingerprint density at radius 2 is 2.00 bits per heavy atom. The van der Waals surface area contributed by atoms with E-state index >= 15 is 0 Å². The van der Waals surface area contributed by atoms with Crippen molar-refractivity contribution < 1.29 is 13.2 Å². The predicted octanol–water partition coefficient (Wildman–Crippen LogP) is 0.943. The molecule has 2 N–H and O–H groups in total. The van der Waals surface area contributed by atoms with Crippen molar-refractivity contribution in [2.45, 2.75) is 31.1 Å². The van der Waals surface area contributed by atoms with Gasteiger partial charge in [0, 0.05) is 26.6 Å². The molecule has 1 fully saturated rings. The van der Waals surface area contributed by atoms with Gasteiger partial charge in [0.25, 0.3) is 0 Å². The summed E-state index contributed by atoms with van der Waals surface area (Å²) >= 11 is 0. The van der Waals surface area contributed by atoms with Gasteiger partial charge in [-0.2, -0.15) is 0 Å². The Morgan fingerprint density at radius 3 is 2.64 bits per heavy atom. The van der Waals surface area contributed by atoms with Crippen LogP contribution in [0.25, 0.3) is 0 Å². The largest absolute Gasteiger partial charge is 0.342 e. The first-order chi connectivity index (χ1) is 11.5. The van der Waals surface area contributed by atoms with E-state index in [0.29, 0.717) is 36.9 Å². The van der Waals surface area contributed by atoms with E-state index in [0.717, 1.165) is 37.1 Å². The zero-order valence-corrected chi connectivity index (χ0v) is 16.1. The summed E-state index contributed by atoms with van der Waals surface area (Å²) in [6.07, 6.45) is 2.48. The van der Waals surface area contributed by atoms with Crippen LogP contribution in [0.1, 0.15) is 24.5 Å². The number of hydrogen-bond acceptors (Lipinski definition) is 4. The number of amides is 1. The summed E-state index contributed by atoms with van der Waals surface area (Å²) < 4.78 is 27.8. The number of halogens is 1. The van der Waals surface area contributed by atoms with Crippen LogP contribution in [-0.4, -0.2) is 51.9 Å². The highest BCUT2D eigenvalue weighted by atomic mass is 35.5. The number of benzene rings is 1. The Morgan fingerprint density at radius 1 is 1.28 bits per heavy atom. The maximum absolute atomic E-state index is 12.5. The van der Waals surface area contributed by atoms with E-state index in [1.54, 1.807) is 19.1 Å². The summed E-state index contributed by atoms with van der Waals surface area (Å²) in [4.78, 5) is 13.7. The molecule has 8 heteroatoms. The molecule has 1 saturated heterocycles. The van der Waals surface area contributed by atoms with Gasteiger partial charge in [0.05, 0.1) is 4.90 Å². The molecule has 0 aliphatic carbocycles. The number of hydrogen-bond donors (Lipinski definition) is 2. The van der Waals surface area contributed by atoms with E-state index in [-0.39, 0.29) is 18.3 Å². The second kappa shape index (κ2) is 8.49. The van der Waals surface area contributed by atoms with Crippen LogP contribution < -0.4 is 10.0 Å². The molecule has 0 radical (unpaired) electrons. The zero-order chi connectivity index (χ0) is 17.2. The summed E-state index contributed by atoms with van der Waals surface area (Å²) in [5, 5.41) is 3.24. The lowest BCUT2D eigenvalue weighted by Crippen LogP contribution is -2.31. The summed E-state index contributed by atoms with van der Waals surface area (Å²) in [5.74, 6) is 0.437. The smallest absolute Gasteiger partial charge is 0.240 e. The molecular weight excluding hydrogens is 362 g/mol. The van der Waals surface area contributed by atoms with Crippen molar-refractivity contribution in [3.63, 3.8) is 0 Å². The molecule has 1 aromatic rings. The van der Waals surface area contributed by atoms with Crippen LogP contribution >= 0.6 is 12.4 Å². The Hall–Kier alpha value is -1.15. The molecule has 2 heterocycles. The quantitative estimate of drug-likeness (QED) is 0.806. The first kappa shape index (κ1) is 20.2. The van der Waals surface area contributed by atoms with Crippen molar-refractivity contribution in [3.8, 4) is 0 Å². The third-order valence-electron chi connectivity index (χ3n) is 4.96. The van der Waals surface area contributed by atoms with E-state index < -0.39 is 10.0 Å². The Balaban J connectivity index is 0.00000225. The topological polar surface area (TPSA) is 78.5 Å². The first-order valence-corrected chi connectivity index (χ1v) is 10.0. The third kappa shape index (κ3) is 4.94. The van der Waals surface area contributed by atoms with Crippen LogP contribution in [0.15, 0.2) is 23.1 Å². The monoisotopic (exact) mass is 387 g/mol. The number of rotatable bonds is 4. The third-order valence-corrected chi connectivity index (χ3v) is 6.38. The van der Waals surface area contributed by atoms with Gasteiger partial charge in [0.1, 0.15) is 0 Å². The summed E-state index contributed by atoms with van der Waals surface area (Å²) in [5.41, 5.74) is 2.17. The second-order valence-corrected chi connectivity index (χ2v) is 8.41. The minimum absolute atomic E-state index is 0.